The highest BCUT2D eigenvalue weighted by atomic mass is 16.1. The van der Waals surface area contributed by atoms with Crippen molar-refractivity contribution in [2.75, 3.05) is 38.5 Å². The molecule has 20 heavy (non-hydrogen) atoms. The lowest BCUT2D eigenvalue weighted by atomic mass is 9.98. The maximum atomic E-state index is 12.3. The van der Waals surface area contributed by atoms with Crippen molar-refractivity contribution in [2.24, 2.45) is 5.92 Å². The van der Waals surface area contributed by atoms with E-state index in [2.05, 4.69) is 27.6 Å². The number of hydrogen-bond donors (Lipinski definition) is 2. The number of anilines is 1. The molecule has 0 saturated carbocycles. The fraction of sp³-hybridized carbons (Fsp3) is 0.600. The molecule has 0 bridgehead atoms. The second kappa shape index (κ2) is 7.24. The van der Waals surface area contributed by atoms with Gasteiger partial charge in [-0.1, -0.05) is 0 Å². The highest BCUT2D eigenvalue weighted by Crippen LogP contribution is 2.16. The average Bonchev–Trinajstić information content (AvgIpc) is 2.46. The van der Waals surface area contributed by atoms with Crippen molar-refractivity contribution in [3.8, 4) is 0 Å². The Hall–Kier alpha value is -1.62. The third-order valence-corrected chi connectivity index (χ3v) is 3.71. The maximum absolute atomic E-state index is 12.3. The monoisotopic (exact) mass is 276 g/mol. The van der Waals surface area contributed by atoms with E-state index in [9.17, 15) is 4.79 Å². The van der Waals surface area contributed by atoms with Crippen molar-refractivity contribution in [1.29, 1.82) is 0 Å². The standard InChI is InChI=1S/C15H24N4O/c1-3-17-14-6-7-16-10-13(14)15(20)18-9-12-5-4-8-19(2)11-12/h6-7,10,12H,3-5,8-9,11H2,1-2H3,(H,16,17)(H,18,20). The highest BCUT2D eigenvalue weighted by Gasteiger charge is 2.18. The molecule has 0 radical (unpaired) electrons. The molecule has 1 aromatic rings. The molecular weight excluding hydrogens is 252 g/mol. The van der Waals surface area contributed by atoms with Crippen LogP contribution in [0.1, 0.15) is 30.1 Å². The van der Waals surface area contributed by atoms with Crippen molar-refractivity contribution in [2.45, 2.75) is 19.8 Å². The number of carbonyl (C=O) groups is 1. The summed E-state index contributed by atoms with van der Waals surface area (Å²) >= 11 is 0. The van der Waals surface area contributed by atoms with Crippen molar-refractivity contribution in [1.82, 2.24) is 15.2 Å². The fourth-order valence-corrected chi connectivity index (χ4v) is 2.69. The lowest BCUT2D eigenvalue weighted by Crippen LogP contribution is -2.39. The Bertz CT molecular complexity index is 449. The van der Waals surface area contributed by atoms with Gasteiger partial charge >= 0.3 is 0 Å². The van der Waals surface area contributed by atoms with E-state index in [1.54, 1.807) is 12.4 Å². The van der Waals surface area contributed by atoms with Crippen LogP contribution >= 0.6 is 0 Å². The number of hydrogen-bond acceptors (Lipinski definition) is 4. The van der Waals surface area contributed by atoms with Crippen LogP contribution in [-0.4, -0.2) is 49.0 Å². The van der Waals surface area contributed by atoms with Crippen LogP contribution in [0.3, 0.4) is 0 Å². The second-order valence-corrected chi connectivity index (χ2v) is 5.43. The second-order valence-electron chi connectivity index (χ2n) is 5.43. The Morgan fingerprint density at radius 2 is 2.40 bits per heavy atom. The third kappa shape index (κ3) is 3.93. The largest absolute Gasteiger partial charge is 0.385 e. The van der Waals surface area contributed by atoms with Crippen LogP contribution in [0.5, 0.6) is 0 Å². The zero-order valence-corrected chi connectivity index (χ0v) is 12.4. The van der Waals surface area contributed by atoms with E-state index < -0.39 is 0 Å². The van der Waals surface area contributed by atoms with E-state index in [1.165, 1.54) is 12.8 Å². The molecule has 1 unspecified atom stereocenters. The van der Waals surface area contributed by atoms with Gasteiger partial charge in [0.25, 0.3) is 5.91 Å². The Morgan fingerprint density at radius 1 is 1.55 bits per heavy atom. The van der Waals surface area contributed by atoms with E-state index in [0.29, 0.717) is 11.5 Å². The maximum Gasteiger partial charge on any atom is 0.254 e. The highest BCUT2D eigenvalue weighted by molar-refractivity contribution is 5.99. The Balaban J connectivity index is 1.91. The van der Waals surface area contributed by atoms with Gasteiger partial charge < -0.3 is 15.5 Å². The van der Waals surface area contributed by atoms with Gasteiger partial charge in [-0.25, -0.2) is 0 Å². The van der Waals surface area contributed by atoms with Gasteiger partial charge in [-0.05, 0) is 45.3 Å². The summed E-state index contributed by atoms with van der Waals surface area (Å²) in [5, 5.41) is 6.24. The number of nitrogens with zero attached hydrogens (tertiary/aromatic N) is 2. The van der Waals surface area contributed by atoms with Gasteiger partial charge in [-0.3, -0.25) is 9.78 Å². The number of nitrogens with one attached hydrogen (secondary N) is 2. The first-order chi connectivity index (χ1) is 9.70. The average molecular weight is 276 g/mol. The van der Waals surface area contributed by atoms with Crippen molar-refractivity contribution >= 4 is 11.6 Å². The first-order valence-electron chi connectivity index (χ1n) is 7.35. The fourth-order valence-electron chi connectivity index (χ4n) is 2.69. The molecule has 1 aliphatic heterocycles. The molecular formula is C15H24N4O. The molecule has 1 aliphatic rings. The van der Waals surface area contributed by atoms with Crippen LogP contribution < -0.4 is 10.6 Å². The van der Waals surface area contributed by atoms with Gasteiger partial charge in [-0.2, -0.15) is 0 Å². The molecule has 1 aromatic heterocycles. The van der Waals surface area contributed by atoms with Crippen LogP contribution in [0.15, 0.2) is 18.5 Å². The van der Waals surface area contributed by atoms with Crippen LogP contribution in [0.2, 0.25) is 0 Å². The van der Waals surface area contributed by atoms with Crippen LogP contribution in [0.25, 0.3) is 0 Å². The predicted octanol–water partition coefficient (Wildman–Crippen LogP) is 1.58. The molecule has 0 aromatic carbocycles. The van der Waals surface area contributed by atoms with E-state index >= 15 is 0 Å². The predicted molar refractivity (Wildman–Crippen MR) is 81.0 cm³/mol. The molecule has 1 fully saturated rings. The summed E-state index contributed by atoms with van der Waals surface area (Å²) in [6.07, 6.45) is 5.73. The summed E-state index contributed by atoms with van der Waals surface area (Å²) in [6, 6.07) is 1.84. The van der Waals surface area contributed by atoms with E-state index in [4.69, 9.17) is 0 Å². The number of piperidine rings is 1. The van der Waals surface area contributed by atoms with Gasteiger partial charge in [0.1, 0.15) is 0 Å². The van der Waals surface area contributed by atoms with Crippen molar-refractivity contribution < 1.29 is 4.79 Å². The SMILES string of the molecule is CCNc1ccncc1C(=O)NCC1CCCN(C)C1. The molecule has 1 atom stereocenters. The molecule has 2 heterocycles. The number of carbonyl (C=O) groups excluding carboxylic acids is 1. The molecule has 0 spiro atoms. The Labute approximate surface area is 120 Å². The summed E-state index contributed by atoms with van der Waals surface area (Å²) in [6.45, 7) is 5.77. The van der Waals surface area contributed by atoms with E-state index in [-0.39, 0.29) is 5.91 Å². The molecule has 2 N–H and O–H groups in total. The number of amides is 1. The normalized spacial score (nSPS) is 19.6. The minimum atomic E-state index is -0.0396. The lowest BCUT2D eigenvalue weighted by Gasteiger charge is -2.29. The van der Waals surface area contributed by atoms with Crippen LogP contribution in [0, 0.1) is 5.92 Å². The number of pyridine rings is 1. The molecule has 0 aliphatic carbocycles. The molecule has 2 rings (SSSR count). The first-order valence-corrected chi connectivity index (χ1v) is 7.35. The minimum Gasteiger partial charge on any atom is -0.385 e. The summed E-state index contributed by atoms with van der Waals surface area (Å²) in [5.74, 6) is 0.513. The van der Waals surface area contributed by atoms with Crippen LogP contribution in [0.4, 0.5) is 5.69 Å². The van der Waals surface area contributed by atoms with Crippen molar-refractivity contribution in [3.63, 3.8) is 0 Å². The zero-order valence-electron chi connectivity index (χ0n) is 12.4. The topological polar surface area (TPSA) is 57.3 Å². The molecule has 5 heteroatoms. The number of rotatable bonds is 5. The van der Waals surface area contributed by atoms with Gasteiger partial charge in [0.15, 0.2) is 0 Å². The van der Waals surface area contributed by atoms with E-state index in [1.807, 2.05) is 13.0 Å². The summed E-state index contributed by atoms with van der Waals surface area (Å²) in [5.41, 5.74) is 1.47. The van der Waals surface area contributed by atoms with E-state index in [0.717, 1.165) is 31.9 Å². The third-order valence-electron chi connectivity index (χ3n) is 3.71. The number of aromatic nitrogens is 1. The van der Waals surface area contributed by atoms with Gasteiger partial charge in [-0.15, -0.1) is 0 Å². The first kappa shape index (κ1) is 14.8. The van der Waals surface area contributed by atoms with Crippen molar-refractivity contribution in [3.05, 3.63) is 24.0 Å². The van der Waals surface area contributed by atoms with Gasteiger partial charge in [0.2, 0.25) is 0 Å². The van der Waals surface area contributed by atoms with Gasteiger partial charge in [0, 0.05) is 32.0 Å². The van der Waals surface area contributed by atoms with Crippen LogP contribution in [-0.2, 0) is 0 Å². The lowest BCUT2D eigenvalue weighted by molar-refractivity contribution is 0.0937. The molecule has 5 nitrogen and oxygen atoms in total. The summed E-state index contributed by atoms with van der Waals surface area (Å²) in [4.78, 5) is 18.6. The smallest absolute Gasteiger partial charge is 0.254 e. The summed E-state index contributed by atoms with van der Waals surface area (Å²) < 4.78 is 0. The zero-order chi connectivity index (χ0) is 14.4. The molecule has 110 valence electrons. The quantitative estimate of drug-likeness (QED) is 0.857. The molecule has 1 amide bonds. The summed E-state index contributed by atoms with van der Waals surface area (Å²) in [7, 11) is 2.14. The van der Waals surface area contributed by atoms with Gasteiger partial charge in [0.05, 0.1) is 11.3 Å². The number of likely N-dealkylation sites (tertiary alicyclic amines) is 1. The Morgan fingerprint density at radius 3 is 3.15 bits per heavy atom. The molecule has 1 saturated heterocycles. The minimum absolute atomic E-state index is 0.0396. The Kier molecular flexibility index (Phi) is 5.35.